The van der Waals surface area contributed by atoms with Crippen LogP contribution in [0.3, 0.4) is 0 Å². The molecule has 0 atom stereocenters. The third-order valence-corrected chi connectivity index (χ3v) is 4.38. The van der Waals surface area contributed by atoms with Gasteiger partial charge in [0.25, 0.3) is 5.56 Å². The van der Waals surface area contributed by atoms with E-state index in [1.807, 2.05) is 0 Å². The number of ketones is 1. The Hall–Kier alpha value is -2.92. The molecule has 6 heteroatoms. The number of fused-ring (bicyclic) bond motifs is 1. The van der Waals surface area contributed by atoms with Crippen LogP contribution < -0.4 is 5.56 Å². The molecule has 5 nitrogen and oxygen atoms in total. The summed E-state index contributed by atoms with van der Waals surface area (Å²) in [5.74, 6) is -1.04. The molecule has 0 bridgehead atoms. The van der Waals surface area contributed by atoms with Crippen molar-refractivity contribution in [1.29, 1.82) is 0 Å². The quantitative estimate of drug-likeness (QED) is 0.508. The zero-order chi connectivity index (χ0) is 18.7. The van der Waals surface area contributed by atoms with Crippen molar-refractivity contribution in [3.8, 4) is 0 Å². The van der Waals surface area contributed by atoms with Crippen LogP contribution in [-0.2, 0) is 11.3 Å². The summed E-state index contributed by atoms with van der Waals surface area (Å²) >= 11 is 6.30. The predicted molar refractivity (Wildman–Crippen MR) is 99.9 cm³/mol. The number of halogens is 1. The highest BCUT2D eigenvalue weighted by atomic mass is 35.5. The van der Waals surface area contributed by atoms with Crippen LogP contribution in [0, 0.1) is 0 Å². The van der Waals surface area contributed by atoms with E-state index in [-0.39, 0.29) is 29.5 Å². The molecule has 2 aromatic carbocycles. The first-order valence-corrected chi connectivity index (χ1v) is 8.48. The average Bonchev–Trinajstić information content (AvgIpc) is 2.66. The van der Waals surface area contributed by atoms with Gasteiger partial charge >= 0.3 is 5.97 Å². The van der Waals surface area contributed by atoms with Crippen molar-refractivity contribution in [2.45, 2.75) is 13.5 Å². The van der Waals surface area contributed by atoms with Crippen LogP contribution in [0.2, 0.25) is 5.02 Å². The molecular weight excluding hydrogens is 354 g/mol. The smallest absolute Gasteiger partial charge is 0.345 e. The van der Waals surface area contributed by atoms with Gasteiger partial charge < -0.3 is 4.74 Å². The molecule has 0 amide bonds. The number of para-hydroxylation sites is 1. The SMILES string of the molecule is CCOC(=O)c1c(Cl)c2ccccc2n(CC(=O)c2ccccc2)c1=O. The number of aromatic nitrogens is 1. The summed E-state index contributed by atoms with van der Waals surface area (Å²) in [6.07, 6.45) is 0. The molecule has 0 aliphatic heterocycles. The van der Waals surface area contributed by atoms with Gasteiger partial charge in [0.15, 0.2) is 5.78 Å². The Labute approximate surface area is 154 Å². The van der Waals surface area contributed by atoms with E-state index in [4.69, 9.17) is 16.3 Å². The van der Waals surface area contributed by atoms with E-state index in [9.17, 15) is 14.4 Å². The molecule has 0 aliphatic carbocycles. The molecule has 0 radical (unpaired) electrons. The van der Waals surface area contributed by atoms with Gasteiger partial charge in [-0.2, -0.15) is 0 Å². The molecule has 26 heavy (non-hydrogen) atoms. The van der Waals surface area contributed by atoms with Gasteiger partial charge in [0.05, 0.1) is 23.7 Å². The number of pyridine rings is 1. The van der Waals surface area contributed by atoms with E-state index in [2.05, 4.69) is 0 Å². The maximum atomic E-state index is 12.9. The lowest BCUT2D eigenvalue weighted by atomic mass is 10.1. The second-order valence-electron chi connectivity index (χ2n) is 5.61. The van der Waals surface area contributed by atoms with Gasteiger partial charge in [-0.15, -0.1) is 0 Å². The first kappa shape index (κ1) is 17.9. The molecular formula is C20H16ClNO4. The predicted octanol–water partition coefficient (Wildman–Crippen LogP) is 3.71. The fraction of sp³-hybridized carbons (Fsp3) is 0.150. The van der Waals surface area contributed by atoms with E-state index in [0.29, 0.717) is 16.5 Å². The third-order valence-electron chi connectivity index (χ3n) is 3.99. The molecule has 0 saturated heterocycles. The summed E-state index contributed by atoms with van der Waals surface area (Å²) in [4.78, 5) is 37.7. The summed E-state index contributed by atoms with van der Waals surface area (Å²) in [7, 11) is 0. The number of hydrogen-bond donors (Lipinski definition) is 0. The van der Waals surface area contributed by atoms with Crippen LogP contribution in [0.15, 0.2) is 59.4 Å². The Kier molecular flexibility index (Phi) is 5.19. The van der Waals surface area contributed by atoms with E-state index in [1.54, 1.807) is 61.5 Å². The number of rotatable bonds is 5. The molecule has 0 unspecified atom stereocenters. The van der Waals surface area contributed by atoms with E-state index in [1.165, 1.54) is 4.57 Å². The summed E-state index contributed by atoms with van der Waals surface area (Å²) < 4.78 is 6.23. The van der Waals surface area contributed by atoms with Crippen LogP contribution in [-0.4, -0.2) is 22.9 Å². The fourth-order valence-corrected chi connectivity index (χ4v) is 3.08. The minimum atomic E-state index is -0.797. The molecule has 0 aliphatic rings. The summed E-state index contributed by atoms with van der Waals surface area (Å²) in [6, 6.07) is 15.5. The van der Waals surface area contributed by atoms with Gasteiger partial charge in [0.1, 0.15) is 5.56 Å². The lowest BCUT2D eigenvalue weighted by molar-refractivity contribution is 0.0523. The van der Waals surface area contributed by atoms with Gasteiger partial charge in [-0.1, -0.05) is 60.1 Å². The summed E-state index contributed by atoms with van der Waals surface area (Å²) in [6.45, 7) is 1.56. The monoisotopic (exact) mass is 369 g/mol. The van der Waals surface area contributed by atoms with Gasteiger partial charge in [-0.25, -0.2) is 4.79 Å². The average molecular weight is 370 g/mol. The minimum Gasteiger partial charge on any atom is -0.462 e. The molecule has 0 saturated carbocycles. The number of Topliss-reactive ketones (excluding diaryl/α,β-unsaturated/α-hetero) is 1. The number of nitrogens with zero attached hydrogens (tertiary/aromatic N) is 1. The Morgan fingerprint density at radius 2 is 1.69 bits per heavy atom. The number of esters is 1. The molecule has 0 spiro atoms. The van der Waals surface area contributed by atoms with Gasteiger partial charge in [0.2, 0.25) is 0 Å². The summed E-state index contributed by atoms with van der Waals surface area (Å²) in [5.41, 5.74) is 0.0699. The lowest BCUT2D eigenvalue weighted by Crippen LogP contribution is -2.30. The van der Waals surface area contributed by atoms with Crippen LogP contribution >= 0.6 is 11.6 Å². The van der Waals surface area contributed by atoms with E-state index >= 15 is 0 Å². The Morgan fingerprint density at radius 1 is 1.04 bits per heavy atom. The van der Waals surface area contributed by atoms with Crippen molar-refractivity contribution in [3.05, 3.63) is 81.1 Å². The van der Waals surface area contributed by atoms with Gasteiger partial charge in [-0.3, -0.25) is 14.2 Å². The first-order valence-electron chi connectivity index (χ1n) is 8.11. The van der Waals surface area contributed by atoms with Crippen molar-refractivity contribution in [2.75, 3.05) is 6.61 Å². The van der Waals surface area contributed by atoms with Gasteiger partial charge in [0, 0.05) is 10.9 Å². The van der Waals surface area contributed by atoms with Crippen molar-refractivity contribution in [3.63, 3.8) is 0 Å². The van der Waals surface area contributed by atoms with Crippen LogP contribution in [0.5, 0.6) is 0 Å². The second-order valence-corrected chi connectivity index (χ2v) is 5.99. The Balaban J connectivity index is 2.19. The first-order chi connectivity index (χ1) is 12.5. The highest BCUT2D eigenvalue weighted by Gasteiger charge is 2.23. The molecule has 3 aromatic rings. The molecule has 3 rings (SSSR count). The van der Waals surface area contributed by atoms with Crippen molar-refractivity contribution < 1.29 is 14.3 Å². The number of carbonyl (C=O) groups is 2. The number of carbonyl (C=O) groups excluding carboxylic acids is 2. The lowest BCUT2D eigenvalue weighted by Gasteiger charge is -2.14. The standard InChI is InChI=1S/C20H16ClNO4/c1-2-26-20(25)17-18(21)14-10-6-7-11-15(14)22(19(17)24)12-16(23)13-8-4-3-5-9-13/h3-11H,2,12H2,1H3. The maximum Gasteiger partial charge on any atom is 0.345 e. The number of hydrogen-bond acceptors (Lipinski definition) is 4. The number of ether oxygens (including phenoxy) is 1. The van der Waals surface area contributed by atoms with Crippen LogP contribution in [0.4, 0.5) is 0 Å². The van der Waals surface area contributed by atoms with Crippen molar-refractivity contribution >= 4 is 34.3 Å². The van der Waals surface area contributed by atoms with Crippen LogP contribution in [0.1, 0.15) is 27.6 Å². The normalized spacial score (nSPS) is 10.7. The fourth-order valence-electron chi connectivity index (χ4n) is 2.76. The van der Waals surface area contributed by atoms with Gasteiger partial charge in [-0.05, 0) is 13.0 Å². The molecule has 1 heterocycles. The minimum absolute atomic E-state index is 0.0347. The molecule has 0 N–H and O–H groups in total. The third kappa shape index (κ3) is 3.26. The van der Waals surface area contributed by atoms with Crippen molar-refractivity contribution in [1.82, 2.24) is 4.57 Å². The summed E-state index contributed by atoms with van der Waals surface area (Å²) in [5, 5.41) is 0.546. The maximum absolute atomic E-state index is 12.9. The van der Waals surface area contributed by atoms with Crippen LogP contribution in [0.25, 0.3) is 10.9 Å². The Morgan fingerprint density at radius 3 is 2.38 bits per heavy atom. The Bertz CT molecular complexity index is 1040. The topological polar surface area (TPSA) is 65.4 Å². The zero-order valence-corrected chi connectivity index (χ0v) is 14.8. The zero-order valence-electron chi connectivity index (χ0n) is 14.1. The molecule has 132 valence electrons. The second kappa shape index (κ2) is 7.54. The molecule has 0 fully saturated rings. The van der Waals surface area contributed by atoms with E-state index in [0.717, 1.165) is 0 Å². The van der Waals surface area contributed by atoms with Crippen molar-refractivity contribution in [2.24, 2.45) is 0 Å². The largest absolute Gasteiger partial charge is 0.462 e. The molecule has 1 aromatic heterocycles. The van der Waals surface area contributed by atoms with E-state index < -0.39 is 11.5 Å². The number of benzene rings is 2. The highest BCUT2D eigenvalue weighted by molar-refractivity contribution is 6.38. The highest BCUT2D eigenvalue weighted by Crippen LogP contribution is 2.25.